The van der Waals surface area contributed by atoms with Crippen molar-refractivity contribution in [3.8, 4) is 0 Å². The Balaban J connectivity index is 1.42. The predicted molar refractivity (Wildman–Crippen MR) is 130 cm³/mol. The molecule has 2 aliphatic rings. The zero-order valence-corrected chi connectivity index (χ0v) is 19.2. The molecule has 8 heteroatoms. The molecule has 1 N–H and O–H groups in total. The third kappa shape index (κ3) is 3.45. The number of aromatic nitrogens is 4. The van der Waals surface area contributed by atoms with E-state index in [0.29, 0.717) is 30.2 Å². The Morgan fingerprint density at radius 1 is 1.12 bits per heavy atom. The van der Waals surface area contributed by atoms with E-state index in [-0.39, 0.29) is 24.0 Å². The molecule has 2 saturated heterocycles. The topological polar surface area (TPSA) is 93.1 Å². The van der Waals surface area contributed by atoms with Crippen molar-refractivity contribution < 1.29 is 9.53 Å². The van der Waals surface area contributed by atoms with Crippen LogP contribution in [0.5, 0.6) is 0 Å². The highest BCUT2D eigenvalue weighted by Gasteiger charge is 2.41. The third-order valence-corrected chi connectivity index (χ3v) is 6.95. The molecule has 0 spiro atoms. The lowest BCUT2D eigenvalue weighted by Gasteiger charge is -2.34. The maximum atomic E-state index is 13.9. The SMILES string of the molecule is Cc1cccc2cc(C(C)Nc3ncnc4cccnc34)nc(C(=O)N3C4CCC3COC4)c12. The van der Waals surface area contributed by atoms with Crippen LogP contribution in [0.1, 0.15) is 47.6 Å². The molecule has 0 aliphatic carbocycles. The van der Waals surface area contributed by atoms with E-state index < -0.39 is 0 Å². The summed E-state index contributed by atoms with van der Waals surface area (Å²) in [5, 5.41) is 5.36. The van der Waals surface area contributed by atoms with E-state index in [1.54, 1.807) is 6.20 Å². The van der Waals surface area contributed by atoms with Crippen LogP contribution in [0.4, 0.5) is 5.82 Å². The average Bonchev–Trinajstić information content (AvgIpc) is 3.11. The normalized spacial score (nSPS) is 20.6. The van der Waals surface area contributed by atoms with Gasteiger partial charge < -0.3 is 15.0 Å². The van der Waals surface area contributed by atoms with Crippen LogP contribution in [0, 0.1) is 6.92 Å². The number of fused-ring (bicyclic) bond motifs is 4. The van der Waals surface area contributed by atoms with Crippen molar-refractivity contribution in [2.24, 2.45) is 0 Å². The zero-order valence-electron chi connectivity index (χ0n) is 19.2. The van der Waals surface area contributed by atoms with Gasteiger partial charge in [-0.1, -0.05) is 18.2 Å². The molecular formula is C26H26N6O2. The van der Waals surface area contributed by atoms with Crippen molar-refractivity contribution in [1.29, 1.82) is 0 Å². The number of nitrogens with one attached hydrogen (secondary N) is 1. The average molecular weight is 455 g/mol. The molecule has 3 atom stereocenters. The number of anilines is 1. The lowest BCUT2D eigenvalue weighted by atomic mass is 10.0. The van der Waals surface area contributed by atoms with Gasteiger partial charge in [0.15, 0.2) is 5.82 Å². The second-order valence-electron chi connectivity index (χ2n) is 9.16. The van der Waals surface area contributed by atoms with E-state index in [9.17, 15) is 4.79 Å². The van der Waals surface area contributed by atoms with Crippen LogP contribution < -0.4 is 5.32 Å². The molecule has 0 radical (unpaired) electrons. The zero-order chi connectivity index (χ0) is 23.2. The molecule has 3 unspecified atom stereocenters. The number of carbonyl (C=O) groups is 1. The van der Waals surface area contributed by atoms with E-state index in [1.165, 1.54) is 6.33 Å². The first-order valence-corrected chi connectivity index (χ1v) is 11.7. The molecule has 0 saturated carbocycles. The van der Waals surface area contributed by atoms with Gasteiger partial charge in [-0.2, -0.15) is 0 Å². The van der Waals surface area contributed by atoms with Gasteiger partial charge in [0.2, 0.25) is 0 Å². The first-order valence-electron chi connectivity index (χ1n) is 11.7. The van der Waals surface area contributed by atoms with E-state index in [0.717, 1.165) is 40.4 Å². The van der Waals surface area contributed by atoms with Gasteiger partial charge in [0, 0.05) is 11.6 Å². The van der Waals surface area contributed by atoms with Crippen LogP contribution in [0.2, 0.25) is 0 Å². The summed E-state index contributed by atoms with van der Waals surface area (Å²) in [4.78, 5) is 34.0. The maximum absolute atomic E-state index is 13.9. The van der Waals surface area contributed by atoms with Crippen molar-refractivity contribution in [2.75, 3.05) is 18.5 Å². The Kier molecular flexibility index (Phi) is 5.10. The smallest absolute Gasteiger partial charge is 0.273 e. The van der Waals surface area contributed by atoms with Gasteiger partial charge >= 0.3 is 0 Å². The minimum absolute atomic E-state index is 0.00157. The molecule has 34 heavy (non-hydrogen) atoms. The number of hydrogen-bond donors (Lipinski definition) is 1. The van der Waals surface area contributed by atoms with Crippen molar-refractivity contribution in [3.63, 3.8) is 0 Å². The quantitative estimate of drug-likeness (QED) is 0.497. The van der Waals surface area contributed by atoms with Gasteiger partial charge in [-0.15, -0.1) is 0 Å². The Morgan fingerprint density at radius 2 is 1.94 bits per heavy atom. The molecule has 172 valence electrons. The highest BCUT2D eigenvalue weighted by atomic mass is 16.5. The largest absolute Gasteiger partial charge is 0.377 e. The summed E-state index contributed by atoms with van der Waals surface area (Å²) in [6.07, 6.45) is 5.23. The van der Waals surface area contributed by atoms with E-state index >= 15 is 0 Å². The molecule has 1 aromatic carbocycles. The van der Waals surface area contributed by atoms with Crippen LogP contribution in [-0.4, -0.2) is 56.0 Å². The van der Waals surface area contributed by atoms with Gasteiger partial charge in [0.25, 0.3) is 5.91 Å². The minimum atomic E-state index is -0.196. The van der Waals surface area contributed by atoms with Gasteiger partial charge in [0.05, 0.1) is 42.5 Å². The summed E-state index contributed by atoms with van der Waals surface area (Å²) in [5.41, 5.74) is 3.82. The molecule has 6 rings (SSSR count). The first-order chi connectivity index (χ1) is 16.6. The lowest BCUT2D eigenvalue weighted by molar-refractivity contribution is -0.00736. The number of rotatable bonds is 4. The standard InChI is InChI=1S/C26H26N6O2/c1-15-5-3-6-17-11-21(16(2)30-25-23-20(28-14-29-25)7-4-10-27-23)31-24(22(15)17)26(33)32-18-8-9-19(32)13-34-12-18/h3-7,10-11,14,16,18-19H,8-9,12-13H2,1-2H3,(H,28,29,30). The highest BCUT2D eigenvalue weighted by molar-refractivity contribution is 6.07. The number of benzene rings is 1. The number of morpholine rings is 1. The minimum Gasteiger partial charge on any atom is -0.377 e. The summed E-state index contributed by atoms with van der Waals surface area (Å²) in [6, 6.07) is 12.0. The summed E-state index contributed by atoms with van der Waals surface area (Å²) < 4.78 is 5.71. The van der Waals surface area contributed by atoms with Gasteiger partial charge in [-0.3, -0.25) is 9.78 Å². The third-order valence-electron chi connectivity index (χ3n) is 6.95. The fraction of sp³-hybridized carbons (Fsp3) is 0.346. The Hall–Kier alpha value is -3.65. The van der Waals surface area contributed by atoms with Crippen LogP contribution in [0.3, 0.4) is 0 Å². The predicted octanol–water partition coefficient (Wildman–Crippen LogP) is 4.06. The number of aryl methyl sites for hydroxylation is 1. The Labute approximate surface area is 197 Å². The fourth-order valence-electron chi connectivity index (χ4n) is 5.25. The van der Waals surface area contributed by atoms with E-state index in [4.69, 9.17) is 9.72 Å². The summed E-state index contributed by atoms with van der Waals surface area (Å²) in [7, 11) is 0. The van der Waals surface area contributed by atoms with Crippen molar-refractivity contribution in [3.05, 3.63) is 65.9 Å². The second-order valence-corrected chi connectivity index (χ2v) is 9.16. The number of ether oxygens (including phenoxy) is 1. The van der Waals surface area contributed by atoms with Crippen LogP contribution in [0.25, 0.3) is 21.8 Å². The van der Waals surface area contributed by atoms with Gasteiger partial charge in [-0.05, 0) is 55.8 Å². The number of amides is 1. The Morgan fingerprint density at radius 3 is 2.76 bits per heavy atom. The Bertz CT molecular complexity index is 1390. The van der Waals surface area contributed by atoms with Gasteiger partial charge in [0.1, 0.15) is 17.5 Å². The summed E-state index contributed by atoms with van der Waals surface area (Å²) >= 11 is 0. The molecule has 3 aromatic heterocycles. The van der Waals surface area contributed by atoms with Crippen LogP contribution >= 0.6 is 0 Å². The van der Waals surface area contributed by atoms with Crippen LogP contribution in [-0.2, 0) is 4.74 Å². The molecule has 5 heterocycles. The van der Waals surface area contributed by atoms with Crippen LogP contribution in [0.15, 0.2) is 48.9 Å². The monoisotopic (exact) mass is 454 g/mol. The maximum Gasteiger partial charge on any atom is 0.273 e. The lowest BCUT2D eigenvalue weighted by Crippen LogP contribution is -2.49. The molecule has 1 amide bonds. The summed E-state index contributed by atoms with van der Waals surface area (Å²) in [5.74, 6) is 0.640. The molecular weight excluding hydrogens is 428 g/mol. The number of hydrogen-bond acceptors (Lipinski definition) is 7. The first kappa shape index (κ1) is 20.9. The number of carbonyl (C=O) groups excluding carboxylic acids is 1. The molecule has 4 aromatic rings. The number of nitrogens with zero attached hydrogens (tertiary/aromatic N) is 5. The van der Waals surface area contributed by atoms with Gasteiger partial charge in [-0.25, -0.2) is 15.0 Å². The molecule has 2 aliphatic heterocycles. The highest BCUT2D eigenvalue weighted by Crippen LogP contribution is 2.33. The fourth-order valence-corrected chi connectivity index (χ4v) is 5.25. The van der Waals surface area contributed by atoms with Crippen molar-refractivity contribution in [1.82, 2.24) is 24.8 Å². The van der Waals surface area contributed by atoms with Crippen molar-refractivity contribution in [2.45, 2.75) is 44.8 Å². The second kappa shape index (κ2) is 8.29. The van der Waals surface area contributed by atoms with Crippen molar-refractivity contribution >= 4 is 33.5 Å². The van der Waals surface area contributed by atoms with E-state index in [2.05, 4.69) is 26.3 Å². The summed E-state index contributed by atoms with van der Waals surface area (Å²) in [6.45, 7) is 5.26. The molecule has 2 fully saturated rings. The number of pyridine rings is 2. The molecule has 8 nitrogen and oxygen atoms in total. The molecule has 2 bridgehead atoms. The van der Waals surface area contributed by atoms with E-state index in [1.807, 2.05) is 49.1 Å².